The highest BCUT2D eigenvalue weighted by atomic mass is 15.1. The largest absolute Gasteiger partial charge is 0.373 e. The molecule has 0 amide bonds. The van der Waals surface area contributed by atoms with Gasteiger partial charge >= 0.3 is 0 Å². The normalized spacial score (nSPS) is 14.8. The highest BCUT2D eigenvalue weighted by molar-refractivity contribution is 6.10. The Morgan fingerprint density at radius 3 is 2.18 bits per heavy atom. The highest BCUT2D eigenvalue weighted by Crippen LogP contribution is 2.36. The number of para-hydroxylation sites is 3. The van der Waals surface area contributed by atoms with Gasteiger partial charge in [0.1, 0.15) is 5.82 Å². The van der Waals surface area contributed by atoms with Crippen LogP contribution in [0.3, 0.4) is 0 Å². The molecule has 9 rings (SSSR count). The topological polar surface area (TPSA) is 60.6 Å². The summed E-state index contributed by atoms with van der Waals surface area (Å²) in [6.07, 6.45) is 14.0. The zero-order chi connectivity index (χ0) is 29.0. The third kappa shape index (κ3) is 3.71. The number of rotatable bonds is 4. The molecule has 1 atom stereocenters. The number of allylic oxidation sites excluding steroid dienone is 2. The minimum absolute atomic E-state index is 0.0995. The average Bonchev–Trinajstić information content (AvgIpc) is 3.62. The molecule has 6 nitrogen and oxygen atoms in total. The van der Waals surface area contributed by atoms with Crippen molar-refractivity contribution in [3.63, 3.8) is 0 Å². The van der Waals surface area contributed by atoms with E-state index in [1.165, 1.54) is 16.2 Å². The number of dihydropyridines is 1. The van der Waals surface area contributed by atoms with Crippen molar-refractivity contribution < 1.29 is 0 Å². The molecule has 5 aromatic heterocycles. The first-order chi connectivity index (χ1) is 21.8. The molecule has 0 fully saturated rings. The molecule has 0 aliphatic carbocycles. The standard InChI is InChI=1S/C38H26N6/c1-4-15-33-25(9-1)27-19-21-40-24-37(27)43(33)35-17-6-3-11-28(35)30-12-7-13-31(41-30)32-14-8-18-38(42-32)44-34-16-5-2-10-26(34)29-23-39-22-20-36(29)44/h1-24,31,41H. The fraction of sp³-hybridized carbons (Fsp3) is 0.0263. The van der Waals surface area contributed by atoms with Gasteiger partial charge in [-0.3, -0.25) is 14.5 Å². The smallest absolute Gasteiger partial charge is 0.137 e. The quantitative estimate of drug-likeness (QED) is 0.233. The first-order valence-electron chi connectivity index (χ1n) is 14.7. The fourth-order valence-electron chi connectivity index (χ4n) is 6.64. The number of hydrogen-bond donors (Lipinski definition) is 1. The van der Waals surface area contributed by atoms with E-state index >= 15 is 0 Å². The predicted octanol–water partition coefficient (Wildman–Crippen LogP) is 8.31. The van der Waals surface area contributed by atoms with Gasteiger partial charge in [-0.15, -0.1) is 0 Å². The Kier molecular flexibility index (Phi) is 5.46. The van der Waals surface area contributed by atoms with E-state index in [4.69, 9.17) is 4.98 Å². The van der Waals surface area contributed by atoms with Crippen LogP contribution in [0.4, 0.5) is 0 Å². The Morgan fingerprint density at radius 1 is 0.568 bits per heavy atom. The molecule has 0 bridgehead atoms. The van der Waals surface area contributed by atoms with Crippen molar-refractivity contribution in [2.75, 3.05) is 0 Å². The van der Waals surface area contributed by atoms with Crippen LogP contribution in [0.5, 0.6) is 0 Å². The van der Waals surface area contributed by atoms with E-state index in [9.17, 15) is 0 Å². The molecule has 208 valence electrons. The molecule has 8 aromatic rings. The lowest BCUT2D eigenvalue weighted by Crippen LogP contribution is -2.22. The molecule has 0 saturated carbocycles. The summed E-state index contributed by atoms with van der Waals surface area (Å²) in [7, 11) is 0. The van der Waals surface area contributed by atoms with E-state index in [0.717, 1.165) is 55.9 Å². The molecule has 0 radical (unpaired) electrons. The van der Waals surface area contributed by atoms with Gasteiger partial charge in [-0.2, -0.15) is 0 Å². The van der Waals surface area contributed by atoms with E-state index in [-0.39, 0.29) is 6.04 Å². The van der Waals surface area contributed by atoms with Crippen LogP contribution in [-0.2, 0) is 0 Å². The van der Waals surface area contributed by atoms with Gasteiger partial charge in [0.15, 0.2) is 0 Å². The number of aromatic nitrogens is 5. The summed E-state index contributed by atoms with van der Waals surface area (Å²) in [6.45, 7) is 0. The maximum atomic E-state index is 5.21. The molecular weight excluding hydrogens is 540 g/mol. The molecule has 44 heavy (non-hydrogen) atoms. The number of nitrogens with one attached hydrogen (secondary N) is 1. The van der Waals surface area contributed by atoms with Crippen molar-refractivity contribution in [2.45, 2.75) is 6.04 Å². The summed E-state index contributed by atoms with van der Waals surface area (Å²) in [6, 6.07) is 35.8. The highest BCUT2D eigenvalue weighted by Gasteiger charge is 2.21. The van der Waals surface area contributed by atoms with Gasteiger partial charge in [-0.05, 0) is 48.5 Å². The van der Waals surface area contributed by atoms with Gasteiger partial charge in [0.05, 0.1) is 45.7 Å². The van der Waals surface area contributed by atoms with Crippen molar-refractivity contribution in [1.82, 2.24) is 29.4 Å². The van der Waals surface area contributed by atoms with Gasteiger partial charge in [0.25, 0.3) is 0 Å². The molecule has 1 aliphatic heterocycles. The van der Waals surface area contributed by atoms with Crippen LogP contribution < -0.4 is 5.32 Å². The first kappa shape index (κ1) is 24.6. The lowest BCUT2D eigenvalue weighted by molar-refractivity contribution is 0.732. The summed E-state index contributed by atoms with van der Waals surface area (Å²) in [4.78, 5) is 14.1. The Bertz CT molecular complexity index is 2340. The van der Waals surface area contributed by atoms with Crippen LogP contribution in [0.2, 0.25) is 0 Å². The van der Waals surface area contributed by atoms with Crippen LogP contribution in [0.1, 0.15) is 17.3 Å². The van der Waals surface area contributed by atoms with Gasteiger partial charge in [-0.25, -0.2) is 4.98 Å². The number of fused-ring (bicyclic) bond motifs is 6. The third-order valence-electron chi connectivity index (χ3n) is 8.57. The zero-order valence-electron chi connectivity index (χ0n) is 23.7. The van der Waals surface area contributed by atoms with Crippen LogP contribution in [-0.4, -0.2) is 24.1 Å². The summed E-state index contributed by atoms with van der Waals surface area (Å²) in [5.41, 5.74) is 8.64. The molecule has 6 heterocycles. The van der Waals surface area contributed by atoms with Gasteiger partial charge in [-0.1, -0.05) is 72.8 Å². The molecule has 1 unspecified atom stereocenters. The number of pyridine rings is 3. The van der Waals surface area contributed by atoms with Crippen molar-refractivity contribution >= 4 is 49.3 Å². The van der Waals surface area contributed by atoms with Gasteiger partial charge in [0.2, 0.25) is 0 Å². The molecule has 3 aromatic carbocycles. The van der Waals surface area contributed by atoms with Crippen molar-refractivity contribution in [1.29, 1.82) is 0 Å². The number of hydrogen-bond acceptors (Lipinski definition) is 4. The maximum Gasteiger partial charge on any atom is 0.137 e. The second-order valence-corrected chi connectivity index (χ2v) is 11.0. The molecule has 1 N–H and O–H groups in total. The van der Waals surface area contributed by atoms with Crippen molar-refractivity contribution in [3.05, 3.63) is 157 Å². The molecular formula is C38H26N6. The summed E-state index contributed by atoms with van der Waals surface area (Å²) < 4.78 is 4.55. The second kappa shape index (κ2) is 9.78. The Labute approximate surface area is 253 Å². The first-order valence-corrected chi connectivity index (χ1v) is 14.7. The lowest BCUT2D eigenvalue weighted by atomic mass is 10.0. The van der Waals surface area contributed by atoms with E-state index in [0.29, 0.717) is 0 Å². The zero-order valence-corrected chi connectivity index (χ0v) is 23.7. The van der Waals surface area contributed by atoms with Crippen LogP contribution in [0.15, 0.2) is 146 Å². The van der Waals surface area contributed by atoms with E-state index in [1.807, 2.05) is 24.8 Å². The van der Waals surface area contributed by atoms with E-state index in [1.54, 1.807) is 0 Å². The summed E-state index contributed by atoms with van der Waals surface area (Å²) in [5, 5.41) is 8.48. The molecule has 0 saturated heterocycles. The van der Waals surface area contributed by atoms with Crippen LogP contribution in [0.25, 0.3) is 60.8 Å². The number of benzene rings is 3. The molecule has 0 spiro atoms. The third-order valence-corrected chi connectivity index (χ3v) is 8.57. The SMILES string of the molecule is C1=CC(c2cccc(-n3c4ccccc4c4cnccc43)n2)NC(c2ccccc2-n2c3ccccc3c3ccncc32)=C1. The van der Waals surface area contributed by atoms with E-state index < -0.39 is 0 Å². The van der Waals surface area contributed by atoms with Crippen LogP contribution in [0, 0.1) is 0 Å². The Morgan fingerprint density at radius 2 is 1.27 bits per heavy atom. The minimum atomic E-state index is -0.0995. The predicted molar refractivity (Wildman–Crippen MR) is 178 cm³/mol. The summed E-state index contributed by atoms with van der Waals surface area (Å²) >= 11 is 0. The van der Waals surface area contributed by atoms with Gasteiger partial charge < -0.3 is 9.88 Å². The molecule has 1 aliphatic rings. The average molecular weight is 567 g/mol. The fourth-order valence-corrected chi connectivity index (χ4v) is 6.64. The summed E-state index contributed by atoms with van der Waals surface area (Å²) in [5.74, 6) is 0.879. The minimum Gasteiger partial charge on any atom is -0.373 e. The number of nitrogens with zero attached hydrogens (tertiary/aromatic N) is 5. The van der Waals surface area contributed by atoms with Crippen molar-refractivity contribution in [3.8, 4) is 11.5 Å². The van der Waals surface area contributed by atoms with E-state index in [2.05, 4.69) is 146 Å². The lowest BCUT2D eigenvalue weighted by Gasteiger charge is -2.24. The van der Waals surface area contributed by atoms with Crippen LogP contribution >= 0.6 is 0 Å². The monoisotopic (exact) mass is 566 g/mol. The molecule has 6 heteroatoms. The second-order valence-electron chi connectivity index (χ2n) is 11.0. The Hall–Kier alpha value is -6.01. The van der Waals surface area contributed by atoms with Gasteiger partial charge in [0, 0.05) is 51.4 Å². The Balaban J connectivity index is 1.13. The maximum absolute atomic E-state index is 5.21. The van der Waals surface area contributed by atoms with Crippen molar-refractivity contribution in [2.24, 2.45) is 0 Å².